The van der Waals surface area contributed by atoms with Crippen LogP contribution in [0.25, 0.3) is 0 Å². The van der Waals surface area contributed by atoms with Crippen molar-refractivity contribution in [2.75, 3.05) is 40.3 Å². The van der Waals surface area contributed by atoms with E-state index in [1.807, 2.05) is 14.1 Å². The Morgan fingerprint density at radius 1 is 1.17 bits per heavy atom. The van der Waals surface area contributed by atoms with Crippen molar-refractivity contribution in [3.05, 3.63) is 0 Å². The van der Waals surface area contributed by atoms with Gasteiger partial charge in [-0.2, -0.15) is 0 Å². The zero-order valence-electron chi connectivity index (χ0n) is 11.7. The maximum atomic E-state index is 11.4. The molecule has 1 aliphatic carbocycles. The predicted octanol–water partition coefficient (Wildman–Crippen LogP) is 0.313. The fourth-order valence-electron chi connectivity index (χ4n) is 1.81. The second kappa shape index (κ2) is 7.36. The van der Waals surface area contributed by atoms with Crippen molar-refractivity contribution in [2.45, 2.75) is 26.2 Å². The molecule has 0 heterocycles. The first kappa shape index (κ1) is 15.0. The van der Waals surface area contributed by atoms with Crippen molar-refractivity contribution in [3.8, 4) is 0 Å². The largest absolute Gasteiger partial charge is 0.354 e. The molecule has 1 saturated carbocycles. The number of carbonyl (C=O) groups is 2. The number of amides is 2. The number of hydrogen-bond donors (Lipinski definition) is 1. The average molecular weight is 255 g/mol. The van der Waals surface area contributed by atoms with Crippen molar-refractivity contribution in [3.63, 3.8) is 0 Å². The van der Waals surface area contributed by atoms with E-state index in [0.29, 0.717) is 13.1 Å². The lowest BCUT2D eigenvalue weighted by Gasteiger charge is -2.22. The highest BCUT2D eigenvalue weighted by atomic mass is 16.2. The summed E-state index contributed by atoms with van der Waals surface area (Å²) in [6.07, 6.45) is 3.00. The number of nitrogens with zero attached hydrogens (tertiary/aromatic N) is 2. The Morgan fingerprint density at radius 3 is 2.33 bits per heavy atom. The Morgan fingerprint density at radius 2 is 1.83 bits per heavy atom. The van der Waals surface area contributed by atoms with E-state index in [2.05, 4.69) is 10.2 Å². The average Bonchev–Trinajstić information content (AvgIpc) is 3.09. The summed E-state index contributed by atoms with van der Waals surface area (Å²) in [4.78, 5) is 26.8. The van der Waals surface area contributed by atoms with Gasteiger partial charge in [-0.1, -0.05) is 0 Å². The highest BCUT2D eigenvalue weighted by Crippen LogP contribution is 2.28. The Labute approximate surface area is 110 Å². The van der Waals surface area contributed by atoms with E-state index in [1.54, 1.807) is 11.8 Å². The molecule has 0 unspecified atom stereocenters. The van der Waals surface area contributed by atoms with Gasteiger partial charge < -0.3 is 15.1 Å². The molecule has 1 rings (SSSR count). The van der Waals surface area contributed by atoms with Gasteiger partial charge in [-0.3, -0.25) is 9.59 Å². The lowest BCUT2D eigenvalue weighted by Crippen LogP contribution is -2.39. The van der Waals surface area contributed by atoms with Crippen LogP contribution < -0.4 is 5.32 Å². The van der Waals surface area contributed by atoms with E-state index < -0.39 is 0 Å². The normalized spacial score (nSPS) is 14.7. The minimum atomic E-state index is 0.0782. The number of carbonyl (C=O) groups excluding carboxylic acids is 2. The van der Waals surface area contributed by atoms with Crippen molar-refractivity contribution in [1.29, 1.82) is 0 Å². The molecule has 1 aliphatic rings. The van der Waals surface area contributed by atoms with E-state index in [1.165, 1.54) is 0 Å². The zero-order valence-corrected chi connectivity index (χ0v) is 11.7. The molecule has 1 fully saturated rings. The first-order valence-electron chi connectivity index (χ1n) is 6.68. The third-order valence-electron chi connectivity index (χ3n) is 3.11. The number of hydrogen-bond acceptors (Lipinski definition) is 3. The molecular formula is C13H25N3O2. The molecule has 2 amide bonds. The molecule has 0 aliphatic heterocycles. The molecule has 0 bridgehead atoms. The van der Waals surface area contributed by atoms with Gasteiger partial charge in [0.1, 0.15) is 0 Å². The summed E-state index contributed by atoms with van der Waals surface area (Å²) < 4.78 is 0. The van der Waals surface area contributed by atoms with Gasteiger partial charge in [0.2, 0.25) is 11.8 Å². The summed E-state index contributed by atoms with van der Waals surface area (Å²) in [5, 5.41) is 2.89. The third-order valence-corrected chi connectivity index (χ3v) is 3.11. The minimum absolute atomic E-state index is 0.0782. The predicted molar refractivity (Wildman–Crippen MR) is 71.2 cm³/mol. The first-order valence-corrected chi connectivity index (χ1v) is 6.68. The van der Waals surface area contributed by atoms with Gasteiger partial charge in [-0.05, 0) is 39.9 Å². The van der Waals surface area contributed by atoms with Crippen LogP contribution in [-0.2, 0) is 9.59 Å². The topological polar surface area (TPSA) is 52.7 Å². The van der Waals surface area contributed by atoms with Gasteiger partial charge in [-0.15, -0.1) is 0 Å². The second-order valence-electron chi connectivity index (χ2n) is 5.23. The summed E-state index contributed by atoms with van der Waals surface area (Å²) in [5.41, 5.74) is 0. The molecule has 0 spiro atoms. The summed E-state index contributed by atoms with van der Waals surface area (Å²) in [7, 11) is 4.04. The standard InChI is InChI=1S/C13H25N3O2/c1-11(17)16(9-4-8-15(2)3)10-7-14-13(18)12-5-6-12/h12H,4-10H2,1-3H3,(H,14,18). The van der Waals surface area contributed by atoms with E-state index in [4.69, 9.17) is 0 Å². The van der Waals surface area contributed by atoms with Gasteiger partial charge in [-0.25, -0.2) is 0 Å². The van der Waals surface area contributed by atoms with Crippen LogP contribution in [-0.4, -0.2) is 61.9 Å². The molecule has 0 atom stereocenters. The highest BCUT2D eigenvalue weighted by Gasteiger charge is 2.29. The smallest absolute Gasteiger partial charge is 0.223 e. The van der Waals surface area contributed by atoms with Crippen molar-refractivity contribution in [2.24, 2.45) is 5.92 Å². The molecule has 0 radical (unpaired) electrons. The van der Waals surface area contributed by atoms with Crippen LogP contribution in [0.5, 0.6) is 0 Å². The number of rotatable bonds is 8. The van der Waals surface area contributed by atoms with Crippen LogP contribution in [0.2, 0.25) is 0 Å². The minimum Gasteiger partial charge on any atom is -0.354 e. The Balaban J connectivity index is 2.16. The highest BCUT2D eigenvalue weighted by molar-refractivity contribution is 5.80. The van der Waals surface area contributed by atoms with Crippen LogP contribution in [0, 0.1) is 5.92 Å². The SMILES string of the molecule is CC(=O)N(CCCN(C)C)CCNC(=O)C1CC1. The quantitative estimate of drug-likeness (QED) is 0.679. The van der Waals surface area contributed by atoms with Gasteiger partial charge in [0, 0.05) is 32.5 Å². The third kappa shape index (κ3) is 6.00. The molecule has 5 heteroatoms. The fraction of sp³-hybridized carbons (Fsp3) is 0.846. The van der Waals surface area contributed by atoms with Crippen LogP contribution in [0.4, 0.5) is 0 Å². The van der Waals surface area contributed by atoms with Crippen LogP contribution in [0.15, 0.2) is 0 Å². The monoisotopic (exact) mass is 255 g/mol. The van der Waals surface area contributed by atoms with E-state index in [-0.39, 0.29) is 17.7 Å². The molecule has 104 valence electrons. The Hall–Kier alpha value is -1.10. The Kier molecular flexibility index (Phi) is 6.12. The van der Waals surface area contributed by atoms with Crippen LogP contribution in [0.1, 0.15) is 26.2 Å². The van der Waals surface area contributed by atoms with Crippen molar-refractivity contribution < 1.29 is 9.59 Å². The van der Waals surface area contributed by atoms with Crippen molar-refractivity contribution in [1.82, 2.24) is 15.1 Å². The maximum Gasteiger partial charge on any atom is 0.223 e. The molecule has 0 saturated heterocycles. The fourth-order valence-corrected chi connectivity index (χ4v) is 1.81. The molecule has 18 heavy (non-hydrogen) atoms. The van der Waals surface area contributed by atoms with Crippen molar-refractivity contribution >= 4 is 11.8 Å². The zero-order chi connectivity index (χ0) is 13.5. The first-order chi connectivity index (χ1) is 8.50. The molecule has 0 aromatic carbocycles. The molecule has 0 aromatic rings. The van der Waals surface area contributed by atoms with E-state index in [9.17, 15) is 9.59 Å². The molecule has 5 nitrogen and oxygen atoms in total. The van der Waals surface area contributed by atoms with Crippen LogP contribution in [0.3, 0.4) is 0 Å². The summed E-state index contributed by atoms with van der Waals surface area (Å²) in [6, 6.07) is 0. The maximum absolute atomic E-state index is 11.4. The summed E-state index contributed by atoms with van der Waals surface area (Å²) in [6.45, 7) is 4.49. The van der Waals surface area contributed by atoms with Crippen LogP contribution >= 0.6 is 0 Å². The lowest BCUT2D eigenvalue weighted by molar-refractivity contribution is -0.129. The second-order valence-corrected chi connectivity index (χ2v) is 5.23. The van der Waals surface area contributed by atoms with E-state index >= 15 is 0 Å². The molecular weight excluding hydrogens is 230 g/mol. The van der Waals surface area contributed by atoms with Gasteiger partial charge in [0.15, 0.2) is 0 Å². The number of nitrogens with one attached hydrogen (secondary N) is 1. The molecule has 1 N–H and O–H groups in total. The lowest BCUT2D eigenvalue weighted by atomic mass is 10.3. The van der Waals surface area contributed by atoms with E-state index in [0.717, 1.165) is 32.4 Å². The summed E-state index contributed by atoms with van der Waals surface area (Å²) >= 11 is 0. The molecule has 0 aromatic heterocycles. The van der Waals surface area contributed by atoms with Gasteiger partial charge in [0.25, 0.3) is 0 Å². The van der Waals surface area contributed by atoms with Gasteiger partial charge >= 0.3 is 0 Å². The Bertz CT molecular complexity index is 288. The van der Waals surface area contributed by atoms with Gasteiger partial charge in [0.05, 0.1) is 0 Å². The summed E-state index contributed by atoms with van der Waals surface area (Å²) in [5.74, 6) is 0.464.